The van der Waals surface area contributed by atoms with E-state index in [4.69, 9.17) is 0 Å². The molecule has 0 heterocycles. The maximum atomic E-state index is 3.24. The van der Waals surface area contributed by atoms with Gasteiger partial charge < -0.3 is 0 Å². The third kappa shape index (κ3) is 3.25. The summed E-state index contributed by atoms with van der Waals surface area (Å²) in [5, 5.41) is 0. The molecule has 0 N–H and O–H groups in total. The van der Waals surface area contributed by atoms with Crippen LogP contribution in [0.3, 0.4) is 0 Å². The summed E-state index contributed by atoms with van der Waals surface area (Å²) in [5.41, 5.74) is 0. The van der Waals surface area contributed by atoms with Gasteiger partial charge in [-0.1, -0.05) is 42.8 Å². The van der Waals surface area contributed by atoms with Crippen LogP contribution in [-0.4, -0.2) is 0 Å². The van der Waals surface area contributed by atoms with E-state index in [0.717, 1.165) is 5.92 Å². The number of hydrogen-bond donors (Lipinski definition) is 0. The Morgan fingerprint density at radius 2 is 1.75 bits per heavy atom. The molecule has 0 fully saturated rings. The molecule has 0 aliphatic rings. The van der Waals surface area contributed by atoms with Crippen LogP contribution in [0, 0.1) is 11.8 Å². The molecule has 0 aromatic rings. The molecule has 0 nitrogen and oxygen atoms in total. The van der Waals surface area contributed by atoms with Crippen LogP contribution in [0.25, 0.3) is 0 Å². The van der Waals surface area contributed by atoms with E-state index in [2.05, 4.69) is 42.8 Å². The van der Waals surface area contributed by atoms with Gasteiger partial charge in [0, 0.05) is 0 Å². The molecule has 0 aliphatic carbocycles. The molecule has 0 radical (unpaired) electrons. The molecule has 0 aromatic carbocycles. The molecule has 1 unspecified atom stereocenters. The van der Waals surface area contributed by atoms with Crippen molar-refractivity contribution in [3.8, 4) is 0 Å². The van der Waals surface area contributed by atoms with Crippen molar-refractivity contribution in [2.75, 3.05) is 0 Å². The summed E-state index contributed by atoms with van der Waals surface area (Å²) in [6.07, 6.45) is 2.16. The summed E-state index contributed by atoms with van der Waals surface area (Å²) in [4.78, 5) is 1.93. The fraction of sp³-hybridized carbons (Fsp3) is 0.714. The van der Waals surface area contributed by atoms with Crippen molar-refractivity contribution in [3.05, 3.63) is 11.1 Å². The Morgan fingerprint density at radius 3 is 1.88 bits per heavy atom. The van der Waals surface area contributed by atoms with Crippen LogP contribution in [0.5, 0.6) is 0 Å². The Morgan fingerprint density at radius 1 is 1.25 bits per heavy atom. The van der Waals surface area contributed by atoms with E-state index in [1.54, 1.807) is 0 Å². The van der Waals surface area contributed by atoms with Crippen molar-refractivity contribution in [1.82, 2.24) is 0 Å². The average molecular weight is 177 g/mol. The fourth-order valence-electron chi connectivity index (χ4n) is 0.337. The summed E-state index contributed by atoms with van der Waals surface area (Å²) >= 11 is 3.24. The minimum atomic E-state index is 0.689. The Balaban J connectivity index is 3.47. The Hall–Kier alpha value is 0.220. The van der Waals surface area contributed by atoms with Crippen molar-refractivity contribution in [2.24, 2.45) is 11.8 Å². The molecule has 0 saturated heterocycles. The predicted octanol–water partition coefficient (Wildman–Crippen LogP) is 3.19. The zero-order chi connectivity index (χ0) is 6.57. The van der Waals surface area contributed by atoms with Crippen molar-refractivity contribution in [2.45, 2.75) is 20.8 Å². The van der Waals surface area contributed by atoms with Crippen molar-refractivity contribution >= 4 is 15.9 Å². The summed E-state index contributed by atoms with van der Waals surface area (Å²) in [6.45, 7) is 6.65. The Labute approximate surface area is 60.1 Å². The van der Waals surface area contributed by atoms with Crippen LogP contribution in [0.2, 0.25) is 0 Å². The molecule has 48 valence electrons. The van der Waals surface area contributed by atoms with E-state index in [0.29, 0.717) is 5.92 Å². The van der Waals surface area contributed by atoms with Gasteiger partial charge in [0.2, 0.25) is 0 Å². The van der Waals surface area contributed by atoms with Gasteiger partial charge in [0.1, 0.15) is 0 Å². The van der Waals surface area contributed by atoms with Crippen LogP contribution >= 0.6 is 15.9 Å². The largest absolute Gasteiger partial charge is 0.0745 e. The lowest BCUT2D eigenvalue weighted by atomic mass is 9.99. The Bertz CT molecular complexity index is 74.5. The predicted molar refractivity (Wildman–Crippen MR) is 42.1 cm³/mol. The normalized spacial score (nSPS) is 15.6. The lowest BCUT2D eigenvalue weighted by Crippen LogP contribution is -1.98. The zero-order valence-electron chi connectivity index (χ0n) is 5.69. The van der Waals surface area contributed by atoms with Gasteiger partial charge >= 0.3 is 0 Å². The number of halogens is 1. The summed E-state index contributed by atoms with van der Waals surface area (Å²) < 4.78 is 0. The Kier molecular flexibility index (Phi) is 4.25. The second-order valence-electron chi connectivity index (χ2n) is 2.42. The third-order valence-electron chi connectivity index (χ3n) is 1.43. The highest BCUT2D eigenvalue weighted by molar-refractivity contribution is 9.11. The maximum absolute atomic E-state index is 3.24. The third-order valence-corrected chi connectivity index (χ3v) is 1.73. The lowest BCUT2D eigenvalue weighted by molar-refractivity contribution is 0.505. The first-order valence-corrected chi connectivity index (χ1v) is 3.87. The van der Waals surface area contributed by atoms with Crippen LogP contribution in [0.4, 0.5) is 0 Å². The lowest BCUT2D eigenvalue weighted by Gasteiger charge is -2.07. The highest BCUT2D eigenvalue weighted by Crippen LogP contribution is 2.10. The van der Waals surface area contributed by atoms with Crippen molar-refractivity contribution < 1.29 is 0 Å². The smallest absolute Gasteiger partial charge is 0.0226 e. The van der Waals surface area contributed by atoms with E-state index < -0.39 is 0 Å². The van der Waals surface area contributed by atoms with Crippen LogP contribution < -0.4 is 0 Å². The first-order valence-electron chi connectivity index (χ1n) is 2.95. The molecular formula is C7H13Br. The molecule has 0 rings (SSSR count). The van der Waals surface area contributed by atoms with Gasteiger partial charge in [-0.15, -0.1) is 0 Å². The molecule has 1 heteroatoms. The van der Waals surface area contributed by atoms with Crippen LogP contribution in [0.15, 0.2) is 11.1 Å². The van der Waals surface area contributed by atoms with Gasteiger partial charge in [-0.05, 0) is 16.8 Å². The van der Waals surface area contributed by atoms with Gasteiger partial charge in [-0.2, -0.15) is 0 Å². The molecule has 1 atom stereocenters. The molecule has 0 aliphatic heterocycles. The monoisotopic (exact) mass is 176 g/mol. The van der Waals surface area contributed by atoms with E-state index in [-0.39, 0.29) is 0 Å². The second-order valence-corrected chi connectivity index (χ2v) is 2.95. The number of rotatable bonds is 2. The van der Waals surface area contributed by atoms with Gasteiger partial charge in [0.15, 0.2) is 0 Å². The SMILES string of the molecule is CC(C)C(C)C=CBr. The molecule has 0 amide bonds. The van der Waals surface area contributed by atoms with Gasteiger partial charge in [0.25, 0.3) is 0 Å². The van der Waals surface area contributed by atoms with Crippen LogP contribution in [-0.2, 0) is 0 Å². The topological polar surface area (TPSA) is 0 Å². The standard InChI is InChI=1S/C7H13Br/c1-6(2)7(3)4-5-8/h4-7H,1-3H3. The minimum absolute atomic E-state index is 0.689. The van der Waals surface area contributed by atoms with Gasteiger partial charge in [-0.3, -0.25) is 0 Å². The molecule has 0 aromatic heterocycles. The summed E-state index contributed by atoms with van der Waals surface area (Å²) in [7, 11) is 0. The van der Waals surface area contributed by atoms with Crippen molar-refractivity contribution in [1.29, 1.82) is 0 Å². The number of hydrogen-bond acceptors (Lipinski definition) is 0. The highest BCUT2D eigenvalue weighted by Gasteiger charge is 1.99. The molecule has 0 bridgehead atoms. The fourth-order valence-corrected chi connectivity index (χ4v) is 0.818. The first kappa shape index (κ1) is 8.22. The second kappa shape index (κ2) is 4.13. The van der Waals surface area contributed by atoms with Gasteiger partial charge in [0.05, 0.1) is 0 Å². The minimum Gasteiger partial charge on any atom is -0.0745 e. The van der Waals surface area contributed by atoms with Crippen molar-refractivity contribution in [3.63, 3.8) is 0 Å². The zero-order valence-corrected chi connectivity index (χ0v) is 7.27. The molecule has 8 heavy (non-hydrogen) atoms. The van der Waals surface area contributed by atoms with E-state index in [9.17, 15) is 0 Å². The van der Waals surface area contributed by atoms with Crippen LogP contribution in [0.1, 0.15) is 20.8 Å². The molecule has 0 spiro atoms. The summed E-state index contributed by atoms with van der Waals surface area (Å²) in [6, 6.07) is 0. The maximum Gasteiger partial charge on any atom is -0.0226 e. The first-order chi connectivity index (χ1) is 3.68. The molecular weight excluding hydrogens is 164 g/mol. The van der Waals surface area contributed by atoms with Gasteiger partial charge in [-0.25, -0.2) is 0 Å². The average Bonchev–Trinajstić information content (AvgIpc) is 1.67. The quantitative estimate of drug-likeness (QED) is 0.607. The number of allylic oxidation sites excluding steroid dienone is 1. The van der Waals surface area contributed by atoms with E-state index in [1.165, 1.54) is 0 Å². The molecule has 0 saturated carbocycles. The summed E-state index contributed by atoms with van der Waals surface area (Å²) in [5.74, 6) is 1.44. The highest BCUT2D eigenvalue weighted by atomic mass is 79.9. The van der Waals surface area contributed by atoms with E-state index in [1.807, 2.05) is 4.99 Å². The van der Waals surface area contributed by atoms with E-state index >= 15 is 0 Å².